The van der Waals surface area contributed by atoms with E-state index in [0.717, 1.165) is 5.56 Å². The molecule has 0 radical (unpaired) electrons. The van der Waals surface area contributed by atoms with Crippen molar-refractivity contribution in [1.29, 1.82) is 0 Å². The number of hydrogen-bond acceptors (Lipinski definition) is 3. The van der Waals surface area contributed by atoms with E-state index in [2.05, 4.69) is 5.32 Å². The van der Waals surface area contributed by atoms with E-state index < -0.39 is 6.04 Å². The molecule has 0 saturated carbocycles. The van der Waals surface area contributed by atoms with Gasteiger partial charge >= 0.3 is 0 Å². The lowest BCUT2D eigenvalue weighted by atomic mass is 10.1. The second kappa shape index (κ2) is 12.6. The summed E-state index contributed by atoms with van der Waals surface area (Å²) in [5, 5.41) is 4.51. The molecule has 1 atom stereocenters. The lowest BCUT2D eigenvalue weighted by molar-refractivity contribution is -0.139. The Morgan fingerprint density at radius 1 is 1.06 bits per heavy atom. The summed E-state index contributed by atoms with van der Waals surface area (Å²) in [6, 6.07) is 12.1. The van der Waals surface area contributed by atoms with Crippen molar-refractivity contribution in [2.75, 3.05) is 5.75 Å². The van der Waals surface area contributed by atoms with E-state index in [9.17, 15) is 9.59 Å². The molecule has 2 aromatic rings. The van der Waals surface area contributed by atoms with Crippen LogP contribution in [0.3, 0.4) is 0 Å². The van der Waals surface area contributed by atoms with Gasteiger partial charge in [-0.25, -0.2) is 0 Å². The summed E-state index contributed by atoms with van der Waals surface area (Å²) in [4.78, 5) is 27.6. The zero-order valence-corrected chi connectivity index (χ0v) is 20.9. The summed E-state index contributed by atoms with van der Waals surface area (Å²) in [5.41, 5.74) is 1.67. The highest BCUT2D eigenvalue weighted by atomic mass is 35.5. The minimum atomic E-state index is -0.617. The van der Waals surface area contributed by atoms with Gasteiger partial charge in [-0.2, -0.15) is 0 Å². The molecule has 1 N–H and O–H groups in total. The molecule has 0 spiro atoms. The molecule has 0 bridgehead atoms. The Kier molecular flexibility index (Phi) is 10.5. The van der Waals surface area contributed by atoms with Crippen molar-refractivity contribution < 1.29 is 9.59 Å². The van der Waals surface area contributed by atoms with Crippen molar-refractivity contribution in [2.45, 2.75) is 51.6 Å². The number of carbonyl (C=O) groups is 2. The molecule has 168 valence electrons. The van der Waals surface area contributed by atoms with E-state index in [1.165, 1.54) is 11.8 Å². The zero-order valence-electron chi connectivity index (χ0n) is 17.8. The summed E-state index contributed by atoms with van der Waals surface area (Å²) >= 11 is 20.2. The number of thioether (sulfide) groups is 1. The van der Waals surface area contributed by atoms with Gasteiger partial charge in [0.15, 0.2) is 0 Å². The topological polar surface area (TPSA) is 49.4 Å². The molecule has 2 aromatic carbocycles. The summed E-state index contributed by atoms with van der Waals surface area (Å²) in [5.74, 6) is 0.532. The smallest absolute Gasteiger partial charge is 0.243 e. The fourth-order valence-corrected chi connectivity index (χ4v) is 4.71. The largest absolute Gasteiger partial charge is 0.352 e. The number of rotatable bonds is 10. The van der Waals surface area contributed by atoms with E-state index in [1.807, 2.05) is 45.0 Å². The minimum Gasteiger partial charge on any atom is -0.352 e. The average molecular weight is 502 g/mol. The number of hydrogen-bond donors (Lipinski definition) is 1. The maximum atomic E-state index is 13.2. The first-order valence-electron chi connectivity index (χ1n) is 10.1. The van der Waals surface area contributed by atoms with Crippen LogP contribution in [-0.4, -0.2) is 34.6 Å². The second-order valence-electron chi connectivity index (χ2n) is 7.43. The molecule has 0 aliphatic carbocycles. The summed E-state index contributed by atoms with van der Waals surface area (Å²) < 4.78 is 0. The molecule has 2 amide bonds. The summed E-state index contributed by atoms with van der Waals surface area (Å²) in [6.45, 7) is 5.84. The first-order valence-corrected chi connectivity index (χ1v) is 12.4. The molecule has 8 heteroatoms. The van der Waals surface area contributed by atoms with E-state index in [-0.39, 0.29) is 30.2 Å². The van der Waals surface area contributed by atoms with Gasteiger partial charge in [0, 0.05) is 39.0 Å². The average Bonchev–Trinajstić information content (AvgIpc) is 2.69. The quantitative estimate of drug-likeness (QED) is 0.421. The molecule has 2 rings (SSSR count). The Hall–Kier alpha value is -1.40. The van der Waals surface area contributed by atoms with Crippen molar-refractivity contribution >= 4 is 58.4 Å². The highest BCUT2D eigenvalue weighted by Crippen LogP contribution is 2.27. The van der Waals surface area contributed by atoms with Crippen LogP contribution in [0.4, 0.5) is 0 Å². The van der Waals surface area contributed by atoms with Crippen molar-refractivity contribution in [3.63, 3.8) is 0 Å². The number of carbonyl (C=O) groups excluding carboxylic acids is 2. The third kappa shape index (κ3) is 7.90. The maximum absolute atomic E-state index is 13.2. The highest BCUT2D eigenvalue weighted by Gasteiger charge is 2.29. The van der Waals surface area contributed by atoms with Crippen LogP contribution in [0, 0.1) is 0 Å². The van der Waals surface area contributed by atoms with E-state index in [0.29, 0.717) is 32.8 Å². The van der Waals surface area contributed by atoms with Gasteiger partial charge in [-0.3, -0.25) is 9.59 Å². The normalized spacial score (nSPS) is 12.0. The van der Waals surface area contributed by atoms with Gasteiger partial charge in [0.1, 0.15) is 6.04 Å². The number of benzene rings is 2. The Bertz CT molecular complexity index is 888. The standard InChI is InChI=1S/C23H27Cl3N2O2S/c1-4-21(23(30)27-15(2)3)28(12-18-19(25)9-6-10-20(18)26)22(29)14-31-13-16-7-5-8-17(24)11-16/h5-11,15,21H,4,12-14H2,1-3H3,(H,27,30)/t21-/m0/s1. The third-order valence-electron chi connectivity index (χ3n) is 4.59. The van der Waals surface area contributed by atoms with Crippen LogP contribution >= 0.6 is 46.6 Å². The van der Waals surface area contributed by atoms with Gasteiger partial charge in [0.05, 0.1) is 5.75 Å². The Labute approximate surface area is 203 Å². The molecular weight excluding hydrogens is 475 g/mol. The molecule has 0 aromatic heterocycles. The van der Waals surface area contributed by atoms with Crippen molar-refractivity contribution in [1.82, 2.24) is 10.2 Å². The molecule has 0 aliphatic rings. The molecule has 4 nitrogen and oxygen atoms in total. The number of nitrogens with one attached hydrogen (secondary N) is 1. The number of amides is 2. The predicted octanol–water partition coefficient (Wildman–Crippen LogP) is 6.21. The number of halogens is 3. The maximum Gasteiger partial charge on any atom is 0.243 e. The Morgan fingerprint density at radius 2 is 1.71 bits per heavy atom. The van der Waals surface area contributed by atoms with E-state index in [4.69, 9.17) is 34.8 Å². The second-order valence-corrected chi connectivity index (χ2v) is 9.67. The predicted molar refractivity (Wildman–Crippen MR) is 132 cm³/mol. The van der Waals surface area contributed by atoms with Crippen LogP contribution in [0.2, 0.25) is 15.1 Å². The molecule has 0 heterocycles. The van der Waals surface area contributed by atoms with Gasteiger partial charge < -0.3 is 10.2 Å². The Morgan fingerprint density at radius 3 is 2.29 bits per heavy atom. The molecule has 31 heavy (non-hydrogen) atoms. The molecule has 0 aliphatic heterocycles. The summed E-state index contributed by atoms with van der Waals surface area (Å²) in [7, 11) is 0. The van der Waals surface area contributed by atoms with Crippen LogP contribution in [0.5, 0.6) is 0 Å². The van der Waals surface area contributed by atoms with Crippen molar-refractivity contribution in [3.8, 4) is 0 Å². The fourth-order valence-electron chi connectivity index (χ4n) is 3.12. The van der Waals surface area contributed by atoms with Crippen LogP contribution in [0.1, 0.15) is 38.3 Å². The molecular formula is C23H27Cl3N2O2S. The van der Waals surface area contributed by atoms with Gasteiger partial charge in [-0.1, -0.05) is 59.9 Å². The third-order valence-corrected chi connectivity index (χ3v) is 6.52. The minimum absolute atomic E-state index is 0.0281. The van der Waals surface area contributed by atoms with E-state index in [1.54, 1.807) is 23.1 Å². The Balaban J connectivity index is 2.20. The summed E-state index contributed by atoms with van der Waals surface area (Å²) in [6.07, 6.45) is 0.478. The number of nitrogens with zero attached hydrogens (tertiary/aromatic N) is 1. The lowest BCUT2D eigenvalue weighted by Crippen LogP contribution is -2.51. The van der Waals surface area contributed by atoms with E-state index >= 15 is 0 Å². The lowest BCUT2D eigenvalue weighted by Gasteiger charge is -2.31. The van der Waals surface area contributed by atoms with Crippen LogP contribution in [-0.2, 0) is 21.9 Å². The molecule has 0 unspecified atom stereocenters. The molecule has 0 fully saturated rings. The van der Waals surface area contributed by atoms with Crippen LogP contribution in [0.15, 0.2) is 42.5 Å². The SMILES string of the molecule is CC[C@@H](C(=O)NC(C)C)N(Cc1c(Cl)cccc1Cl)C(=O)CSCc1cccc(Cl)c1. The fraction of sp³-hybridized carbons (Fsp3) is 0.391. The van der Waals surface area contributed by atoms with Gasteiger partial charge in [-0.05, 0) is 50.1 Å². The van der Waals surface area contributed by atoms with Gasteiger partial charge in [0.2, 0.25) is 11.8 Å². The van der Waals surface area contributed by atoms with Gasteiger partial charge in [-0.15, -0.1) is 11.8 Å². The first kappa shape index (κ1) is 25.9. The molecule has 0 saturated heterocycles. The zero-order chi connectivity index (χ0) is 23.0. The first-order chi connectivity index (χ1) is 14.7. The van der Waals surface area contributed by atoms with Crippen LogP contribution in [0.25, 0.3) is 0 Å². The van der Waals surface area contributed by atoms with Crippen LogP contribution < -0.4 is 5.32 Å². The van der Waals surface area contributed by atoms with Gasteiger partial charge in [0.25, 0.3) is 0 Å². The van der Waals surface area contributed by atoms with Crippen molar-refractivity contribution in [3.05, 3.63) is 68.7 Å². The highest BCUT2D eigenvalue weighted by molar-refractivity contribution is 7.99. The monoisotopic (exact) mass is 500 g/mol. The van der Waals surface area contributed by atoms with Crippen molar-refractivity contribution in [2.24, 2.45) is 0 Å².